The SMILES string of the molecule is Fc1ccc2nc(C3CCCC3)cn2c1. The van der Waals surface area contributed by atoms with Gasteiger partial charge in [0.25, 0.3) is 0 Å². The van der Waals surface area contributed by atoms with Gasteiger partial charge in [0, 0.05) is 18.3 Å². The molecule has 1 fully saturated rings. The lowest BCUT2D eigenvalue weighted by atomic mass is 10.1. The molecule has 0 aliphatic heterocycles. The third kappa shape index (κ3) is 1.52. The first-order chi connectivity index (χ1) is 7.33. The van der Waals surface area contributed by atoms with Crippen LogP contribution in [0.2, 0.25) is 0 Å². The Balaban J connectivity index is 2.05. The van der Waals surface area contributed by atoms with Gasteiger partial charge < -0.3 is 4.40 Å². The standard InChI is InChI=1S/C12H13FN2/c13-10-5-6-12-14-11(8-15(12)7-10)9-3-1-2-4-9/h5-9H,1-4H2. The molecule has 2 aromatic rings. The number of pyridine rings is 1. The van der Waals surface area contributed by atoms with Crippen LogP contribution in [0.15, 0.2) is 24.5 Å². The number of rotatable bonds is 1. The molecule has 0 bridgehead atoms. The Morgan fingerprint density at radius 3 is 2.80 bits per heavy atom. The van der Waals surface area contributed by atoms with Crippen LogP contribution in [0.4, 0.5) is 4.39 Å². The lowest BCUT2D eigenvalue weighted by Crippen LogP contribution is -1.91. The van der Waals surface area contributed by atoms with E-state index in [-0.39, 0.29) is 5.82 Å². The second kappa shape index (κ2) is 3.33. The zero-order valence-corrected chi connectivity index (χ0v) is 8.49. The highest BCUT2D eigenvalue weighted by Crippen LogP contribution is 2.33. The van der Waals surface area contributed by atoms with E-state index in [2.05, 4.69) is 4.98 Å². The molecule has 1 saturated carbocycles. The number of imidazole rings is 1. The molecule has 1 aliphatic rings. The summed E-state index contributed by atoms with van der Waals surface area (Å²) < 4.78 is 14.8. The Morgan fingerprint density at radius 2 is 2.00 bits per heavy atom. The predicted octanol–water partition coefficient (Wildman–Crippen LogP) is 3.13. The molecule has 0 saturated heterocycles. The van der Waals surface area contributed by atoms with Gasteiger partial charge in [0.2, 0.25) is 0 Å². The van der Waals surface area contributed by atoms with E-state index in [4.69, 9.17) is 0 Å². The van der Waals surface area contributed by atoms with Gasteiger partial charge in [-0.2, -0.15) is 0 Å². The van der Waals surface area contributed by atoms with Crippen molar-refractivity contribution in [1.82, 2.24) is 9.38 Å². The maximum atomic E-state index is 13.0. The smallest absolute Gasteiger partial charge is 0.139 e. The van der Waals surface area contributed by atoms with Crippen molar-refractivity contribution in [3.05, 3.63) is 36.0 Å². The van der Waals surface area contributed by atoms with Crippen molar-refractivity contribution in [3.8, 4) is 0 Å². The fourth-order valence-electron chi connectivity index (χ4n) is 2.40. The molecule has 0 atom stereocenters. The lowest BCUT2D eigenvalue weighted by molar-refractivity contribution is 0.619. The number of hydrogen-bond donors (Lipinski definition) is 0. The van der Waals surface area contributed by atoms with Gasteiger partial charge in [-0.1, -0.05) is 12.8 Å². The molecule has 3 heteroatoms. The Hall–Kier alpha value is -1.38. The second-order valence-electron chi connectivity index (χ2n) is 4.26. The Morgan fingerprint density at radius 1 is 1.20 bits per heavy atom. The van der Waals surface area contributed by atoms with Crippen molar-refractivity contribution in [2.45, 2.75) is 31.6 Å². The quantitative estimate of drug-likeness (QED) is 0.697. The van der Waals surface area contributed by atoms with E-state index in [9.17, 15) is 4.39 Å². The maximum absolute atomic E-state index is 13.0. The Kier molecular flexibility index (Phi) is 1.97. The van der Waals surface area contributed by atoms with Gasteiger partial charge in [-0.25, -0.2) is 9.37 Å². The summed E-state index contributed by atoms with van der Waals surface area (Å²) in [4.78, 5) is 4.53. The molecule has 0 aromatic carbocycles. The van der Waals surface area contributed by atoms with Crippen LogP contribution >= 0.6 is 0 Å². The van der Waals surface area contributed by atoms with Crippen molar-refractivity contribution < 1.29 is 4.39 Å². The van der Waals surface area contributed by atoms with Crippen LogP contribution in [0.3, 0.4) is 0 Å². The zero-order chi connectivity index (χ0) is 10.3. The number of nitrogens with zero attached hydrogens (tertiary/aromatic N) is 2. The van der Waals surface area contributed by atoms with Gasteiger partial charge in [-0.3, -0.25) is 0 Å². The minimum absolute atomic E-state index is 0.210. The van der Waals surface area contributed by atoms with Gasteiger partial charge in [-0.15, -0.1) is 0 Å². The van der Waals surface area contributed by atoms with Gasteiger partial charge >= 0.3 is 0 Å². The van der Waals surface area contributed by atoms with E-state index in [0.29, 0.717) is 5.92 Å². The predicted molar refractivity (Wildman–Crippen MR) is 56.4 cm³/mol. The molecule has 0 amide bonds. The summed E-state index contributed by atoms with van der Waals surface area (Å²) in [6.45, 7) is 0. The van der Waals surface area contributed by atoms with Crippen molar-refractivity contribution in [1.29, 1.82) is 0 Å². The zero-order valence-electron chi connectivity index (χ0n) is 8.49. The molecule has 2 aromatic heterocycles. The first-order valence-corrected chi connectivity index (χ1v) is 5.47. The topological polar surface area (TPSA) is 17.3 Å². The number of hydrogen-bond acceptors (Lipinski definition) is 1. The van der Waals surface area contributed by atoms with Gasteiger partial charge in [0.05, 0.1) is 5.69 Å². The van der Waals surface area contributed by atoms with Gasteiger partial charge in [-0.05, 0) is 25.0 Å². The van der Waals surface area contributed by atoms with Crippen LogP contribution in [0.5, 0.6) is 0 Å². The normalized spacial score (nSPS) is 17.7. The van der Waals surface area contributed by atoms with Gasteiger partial charge in [0.15, 0.2) is 0 Å². The molecule has 0 unspecified atom stereocenters. The van der Waals surface area contributed by atoms with Crippen LogP contribution in [-0.4, -0.2) is 9.38 Å². The molecule has 1 aliphatic carbocycles. The molecule has 0 N–H and O–H groups in total. The molecule has 3 rings (SSSR count). The first kappa shape index (κ1) is 8.89. The molecular formula is C12H13FN2. The molecule has 78 valence electrons. The summed E-state index contributed by atoms with van der Waals surface area (Å²) in [7, 11) is 0. The van der Waals surface area contributed by atoms with Crippen LogP contribution in [0.1, 0.15) is 37.3 Å². The molecule has 0 spiro atoms. The van der Waals surface area contributed by atoms with Crippen LogP contribution in [0, 0.1) is 5.82 Å². The number of halogens is 1. The summed E-state index contributed by atoms with van der Waals surface area (Å²) in [6.07, 6.45) is 8.51. The van der Waals surface area contributed by atoms with E-state index in [1.54, 1.807) is 10.5 Å². The molecule has 15 heavy (non-hydrogen) atoms. The van der Waals surface area contributed by atoms with Crippen molar-refractivity contribution in [2.24, 2.45) is 0 Å². The Bertz CT molecular complexity index is 483. The largest absolute Gasteiger partial charge is 0.304 e. The first-order valence-electron chi connectivity index (χ1n) is 5.47. The van der Waals surface area contributed by atoms with E-state index < -0.39 is 0 Å². The average molecular weight is 204 g/mol. The van der Waals surface area contributed by atoms with Crippen LogP contribution in [0.25, 0.3) is 5.65 Å². The molecular weight excluding hydrogens is 191 g/mol. The fraction of sp³-hybridized carbons (Fsp3) is 0.417. The van der Waals surface area contributed by atoms with Crippen molar-refractivity contribution in [3.63, 3.8) is 0 Å². The average Bonchev–Trinajstić information content (AvgIpc) is 2.84. The summed E-state index contributed by atoms with van der Waals surface area (Å²) in [5, 5.41) is 0. The minimum Gasteiger partial charge on any atom is -0.304 e. The fourth-order valence-corrected chi connectivity index (χ4v) is 2.40. The number of aromatic nitrogens is 2. The molecule has 2 heterocycles. The van der Waals surface area contributed by atoms with E-state index in [1.165, 1.54) is 37.9 Å². The highest BCUT2D eigenvalue weighted by molar-refractivity contribution is 5.40. The second-order valence-corrected chi connectivity index (χ2v) is 4.26. The summed E-state index contributed by atoms with van der Waals surface area (Å²) in [5.74, 6) is 0.380. The number of fused-ring (bicyclic) bond motifs is 1. The van der Waals surface area contributed by atoms with E-state index >= 15 is 0 Å². The third-order valence-electron chi connectivity index (χ3n) is 3.21. The van der Waals surface area contributed by atoms with E-state index in [0.717, 1.165) is 11.3 Å². The van der Waals surface area contributed by atoms with Crippen LogP contribution < -0.4 is 0 Å². The minimum atomic E-state index is -0.210. The van der Waals surface area contributed by atoms with Crippen molar-refractivity contribution >= 4 is 5.65 Å². The monoisotopic (exact) mass is 204 g/mol. The highest BCUT2D eigenvalue weighted by Gasteiger charge is 2.19. The lowest BCUT2D eigenvalue weighted by Gasteiger charge is -2.02. The van der Waals surface area contributed by atoms with E-state index in [1.807, 2.05) is 6.20 Å². The van der Waals surface area contributed by atoms with Crippen molar-refractivity contribution in [2.75, 3.05) is 0 Å². The maximum Gasteiger partial charge on any atom is 0.139 e. The third-order valence-corrected chi connectivity index (χ3v) is 3.21. The summed E-state index contributed by atoms with van der Waals surface area (Å²) in [6, 6.07) is 3.19. The Labute approximate surface area is 87.8 Å². The molecule has 2 nitrogen and oxygen atoms in total. The van der Waals surface area contributed by atoms with Gasteiger partial charge in [0.1, 0.15) is 11.5 Å². The summed E-state index contributed by atoms with van der Waals surface area (Å²) in [5.41, 5.74) is 1.97. The summed E-state index contributed by atoms with van der Waals surface area (Å²) >= 11 is 0. The van der Waals surface area contributed by atoms with Crippen LogP contribution in [-0.2, 0) is 0 Å². The molecule has 0 radical (unpaired) electrons. The highest BCUT2D eigenvalue weighted by atomic mass is 19.1.